The predicted molar refractivity (Wildman–Crippen MR) is 108 cm³/mol. The molecule has 0 radical (unpaired) electrons. The van der Waals surface area contributed by atoms with Gasteiger partial charge in [-0.1, -0.05) is 77.9 Å². The SMILES string of the molecule is CC(C)(C)c1cc2cccc3cc(C(C)(C)C)c4cccc1c4c23. The molecule has 0 aliphatic carbocycles. The Morgan fingerprint density at radius 1 is 0.542 bits per heavy atom. The summed E-state index contributed by atoms with van der Waals surface area (Å²) in [5, 5.41) is 8.42. The molecule has 0 amide bonds. The quantitative estimate of drug-likeness (QED) is 0.301. The summed E-state index contributed by atoms with van der Waals surface area (Å²) in [7, 11) is 0. The second kappa shape index (κ2) is 4.72. The number of hydrogen-bond donors (Lipinski definition) is 0. The molecule has 0 aromatic heterocycles. The Morgan fingerprint density at radius 3 is 1.38 bits per heavy atom. The Bertz CT molecular complexity index is 974. The van der Waals surface area contributed by atoms with E-state index in [1.807, 2.05) is 0 Å². The summed E-state index contributed by atoms with van der Waals surface area (Å²) in [6.45, 7) is 13.9. The van der Waals surface area contributed by atoms with Gasteiger partial charge in [0.15, 0.2) is 0 Å². The lowest BCUT2D eigenvalue weighted by molar-refractivity contribution is 0.595. The molecule has 4 aromatic rings. The fourth-order valence-corrected chi connectivity index (χ4v) is 4.10. The van der Waals surface area contributed by atoms with Gasteiger partial charge in [-0.2, -0.15) is 0 Å². The van der Waals surface area contributed by atoms with Crippen molar-refractivity contribution in [1.29, 1.82) is 0 Å². The third-order valence-corrected chi connectivity index (χ3v) is 5.24. The molecule has 4 aromatic carbocycles. The van der Waals surface area contributed by atoms with E-state index in [9.17, 15) is 0 Å². The van der Waals surface area contributed by atoms with Crippen LogP contribution in [-0.4, -0.2) is 0 Å². The van der Waals surface area contributed by atoms with Gasteiger partial charge in [0.05, 0.1) is 0 Å². The maximum absolute atomic E-state index is 2.40. The largest absolute Gasteiger partial charge is 0.0610 e. The Kier molecular flexibility index (Phi) is 3.04. The first kappa shape index (κ1) is 15.4. The standard InChI is InChI=1S/C24H26/c1-23(2,3)19-13-15-9-7-10-16-14-20(24(4,5)6)18-12-8-11-17(19)22(18)21(15)16/h7-14H,1-6H3. The zero-order chi connectivity index (χ0) is 17.3. The minimum atomic E-state index is 0.131. The van der Waals surface area contributed by atoms with Crippen molar-refractivity contribution in [2.24, 2.45) is 0 Å². The van der Waals surface area contributed by atoms with Crippen LogP contribution in [0.1, 0.15) is 52.7 Å². The third-order valence-electron chi connectivity index (χ3n) is 5.24. The first-order valence-electron chi connectivity index (χ1n) is 8.89. The third kappa shape index (κ3) is 2.13. The smallest absolute Gasteiger partial charge is 0.00208 e. The fourth-order valence-electron chi connectivity index (χ4n) is 4.10. The van der Waals surface area contributed by atoms with Crippen LogP contribution in [-0.2, 0) is 10.8 Å². The Labute approximate surface area is 144 Å². The highest BCUT2D eigenvalue weighted by Gasteiger charge is 2.24. The minimum Gasteiger partial charge on any atom is -0.0610 e. The minimum absolute atomic E-state index is 0.131. The monoisotopic (exact) mass is 314 g/mol. The lowest BCUT2D eigenvalue weighted by atomic mass is 9.77. The van der Waals surface area contributed by atoms with Gasteiger partial charge in [-0.3, -0.25) is 0 Å². The number of benzene rings is 4. The second-order valence-electron chi connectivity index (χ2n) is 9.16. The normalized spacial score (nSPS) is 13.4. The van der Waals surface area contributed by atoms with Crippen LogP contribution < -0.4 is 0 Å². The molecular weight excluding hydrogens is 288 g/mol. The zero-order valence-electron chi connectivity index (χ0n) is 15.6. The lowest BCUT2D eigenvalue weighted by Crippen LogP contribution is -2.14. The zero-order valence-corrected chi connectivity index (χ0v) is 15.6. The van der Waals surface area contributed by atoms with Gasteiger partial charge in [0.1, 0.15) is 0 Å². The molecule has 0 saturated heterocycles. The molecule has 0 aliphatic rings. The molecule has 0 N–H and O–H groups in total. The van der Waals surface area contributed by atoms with Crippen LogP contribution in [0, 0.1) is 0 Å². The van der Waals surface area contributed by atoms with Gasteiger partial charge in [0, 0.05) is 0 Å². The van der Waals surface area contributed by atoms with Gasteiger partial charge in [-0.05, 0) is 66.4 Å². The van der Waals surface area contributed by atoms with Crippen LogP contribution in [0.25, 0.3) is 32.3 Å². The molecule has 0 bridgehead atoms. The van der Waals surface area contributed by atoms with E-state index in [1.165, 1.54) is 43.4 Å². The molecule has 0 fully saturated rings. The Morgan fingerprint density at radius 2 is 0.958 bits per heavy atom. The first-order valence-corrected chi connectivity index (χ1v) is 8.89. The number of rotatable bonds is 0. The highest BCUT2D eigenvalue weighted by atomic mass is 14.3. The first-order chi connectivity index (χ1) is 11.2. The van der Waals surface area contributed by atoms with E-state index < -0.39 is 0 Å². The van der Waals surface area contributed by atoms with Crippen molar-refractivity contribution < 1.29 is 0 Å². The van der Waals surface area contributed by atoms with E-state index in [1.54, 1.807) is 0 Å². The van der Waals surface area contributed by atoms with Crippen molar-refractivity contribution >= 4 is 32.3 Å². The molecule has 24 heavy (non-hydrogen) atoms. The predicted octanol–water partition coefficient (Wildman–Crippen LogP) is 7.18. The van der Waals surface area contributed by atoms with Crippen LogP contribution in [0.3, 0.4) is 0 Å². The van der Waals surface area contributed by atoms with E-state index in [4.69, 9.17) is 0 Å². The summed E-state index contributed by atoms with van der Waals surface area (Å²) in [5.41, 5.74) is 3.15. The molecule has 0 atom stereocenters. The molecule has 0 heteroatoms. The van der Waals surface area contributed by atoms with Gasteiger partial charge < -0.3 is 0 Å². The Balaban J connectivity index is 2.35. The van der Waals surface area contributed by atoms with E-state index >= 15 is 0 Å². The molecule has 0 spiro atoms. The summed E-state index contributed by atoms with van der Waals surface area (Å²) < 4.78 is 0. The van der Waals surface area contributed by atoms with Crippen LogP contribution in [0.15, 0.2) is 48.5 Å². The van der Waals surface area contributed by atoms with Crippen molar-refractivity contribution in [2.45, 2.75) is 52.4 Å². The van der Waals surface area contributed by atoms with Crippen molar-refractivity contribution in [3.8, 4) is 0 Å². The average molecular weight is 314 g/mol. The molecular formula is C24H26. The van der Waals surface area contributed by atoms with Gasteiger partial charge in [-0.25, -0.2) is 0 Å². The van der Waals surface area contributed by atoms with Gasteiger partial charge in [-0.15, -0.1) is 0 Å². The molecule has 0 nitrogen and oxygen atoms in total. The molecule has 0 saturated carbocycles. The van der Waals surface area contributed by atoms with E-state index in [2.05, 4.69) is 90.1 Å². The maximum atomic E-state index is 2.40. The highest BCUT2D eigenvalue weighted by molar-refractivity contribution is 6.24. The summed E-state index contributed by atoms with van der Waals surface area (Å²) in [5.74, 6) is 0. The molecule has 0 unspecified atom stereocenters. The van der Waals surface area contributed by atoms with E-state index in [0.717, 1.165) is 0 Å². The fraction of sp³-hybridized carbons (Fsp3) is 0.333. The molecule has 0 heterocycles. The summed E-state index contributed by atoms with van der Waals surface area (Å²) >= 11 is 0. The summed E-state index contributed by atoms with van der Waals surface area (Å²) in [4.78, 5) is 0. The summed E-state index contributed by atoms with van der Waals surface area (Å²) in [6, 6.07) is 18.4. The second-order valence-corrected chi connectivity index (χ2v) is 9.16. The highest BCUT2D eigenvalue weighted by Crippen LogP contribution is 2.43. The van der Waals surface area contributed by atoms with Crippen LogP contribution in [0.5, 0.6) is 0 Å². The van der Waals surface area contributed by atoms with Crippen LogP contribution in [0.2, 0.25) is 0 Å². The number of hydrogen-bond acceptors (Lipinski definition) is 0. The van der Waals surface area contributed by atoms with Crippen molar-refractivity contribution in [3.63, 3.8) is 0 Å². The average Bonchev–Trinajstić information content (AvgIpc) is 2.50. The lowest BCUT2D eigenvalue weighted by Gasteiger charge is -2.27. The van der Waals surface area contributed by atoms with Crippen LogP contribution >= 0.6 is 0 Å². The van der Waals surface area contributed by atoms with Gasteiger partial charge in [0.2, 0.25) is 0 Å². The molecule has 122 valence electrons. The van der Waals surface area contributed by atoms with Gasteiger partial charge in [0.25, 0.3) is 0 Å². The molecule has 0 aliphatic heterocycles. The van der Waals surface area contributed by atoms with Crippen molar-refractivity contribution in [1.82, 2.24) is 0 Å². The van der Waals surface area contributed by atoms with Gasteiger partial charge >= 0.3 is 0 Å². The van der Waals surface area contributed by atoms with Crippen molar-refractivity contribution in [3.05, 3.63) is 59.7 Å². The van der Waals surface area contributed by atoms with Crippen molar-refractivity contribution in [2.75, 3.05) is 0 Å². The molecule has 4 rings (SSSR count). The maximum Gasteiger partial charge on any atom is -0.00208 e. The Hall–Kier alpha value is -2.08. The van der Waals surface area contributed by atoms with E-state index in [0.29, 0.717) is 0 Å². The summed E-state index contributed by atoms with van der Waals surface area (Å²) in [6.07, 6.45) is 0. The topological polar surface area (TPSA) is 0 Å². The van der Waals surface area contributed by atoms with E-state index in [-0.39, 0.29) is 10.8 Å². The van der Waals surface area contributed by atoms with Crippen LogP contribution in [0.4, 0.5) is 0 Å².